The molecule has 0 spiro atoms. The smallest absolute Gasteiger partial charge is 0.246 e. The van der Waals surface area contributed by atoms with Crippen LogP contribution in [0.4, 0.5) is 0 Å². The third kappa shape index (κ3) is 11.1. The number of nitrogens with one attached hydrogen (secondary N) is 2. The normalized spacial score (nSPS) is 17.5. The molecule has 244 valence electrons. The van der Waals surface area contributed by atoms with Crippen molar-refractivity contribution in [3.05, 3.63) is 41.0 Å². The van der Waals surface area contributed by atoms with E-state index in [0.717, 1.165) is 47.4 Å². The van der Waals surface area contributed by atoms with Gasteiger partial charge in [0.1, 0.15) is 18.7 Å². The number of hydrogen-bond donors (Lipinski definition) is 3. The maximum Gasteiger partial charge on any atom is 0.246 e. The molecule has 10 nitrogen and oxygen atoms in total. The average molecular weight is 651 g/mol. The maximum atomic E-state index is 13.7. The molecule has 1 fully saturated rings. The van der Waals surface area contributed by atoms with Gasteiger partial charge >= 0.3 is 0 Å². The molecule has 0 unspecified atom stereocenters. The molecule has 3 atom stereocenters. The molecule has 1 aromatic heterocycles. The Morgan fingerprint density at radius 2 is 1.80 bits per heavy atom. The highest BCUT2D eigenvalue weighted by atomic mass is 35.5. The molecule has 0 bridgehead atoms. The molecule has 0 radical (unpaired) electrons. The number of ether oxygens (including phenoxy) is 2. The molecule has 2 aromatic rings. The fraction of sp³-hybridized carbons (Fsp3) is 0.625. The van der Waals surface area contributed by atoms with E-state index in [1.165, 1.54) is 4.90 Å². The molecule has 44 heavy (non-hydrogen) atoms. The number of unbranched alkanes of at least 4 members (excludes halogenated alkanes) is 3. The summed E-state index contributed by atoms with van der Waals surface area (Å²) in [5.74, 6) is -0.515. The van der Waals surface area contributed by atoms with Crippen molar-refractivity contribution in [1.29, 1.82) is 0 Å². The summed E-state index contributed by atoms with van der Waals surface area (Å²) >= 11 is 7.26. The summed E-state index contributed by atoms with van der Waals surface area (Å²) in [6, 6.07) is 6.14. The third-order valence-electron chi connectivity index (χ3n) is 7.49. The SMILES string of the molecule is Cc1ncsc1-c1ccc(CNC(=O)[C@@H]2C[C@@H](O)CN2C(=O)[C@@H](NC(=O)COCCOCCCCCCCl)C(C)(C)C)cc1. The zero-order valence-corrected chi connectivity index (χ0v) is 27.8. The van der Waals surface area contributed by atoms with Gasteiger partial charge in [0.05, 0.1) is 35.4 Å². The monoisotopic (exact) mass is 650 g/mol. The van der Waals surface area contributed by atoms with Gasteiger partial charge in [-0.1, -0.05) is 57.9 Å². The van der Waals surface area contributed by atoms with Gasteiger partial charge in [-0.05, 0) is 36.3 Å². The number of thiazole rings is 1. The number of carbonyl (C=O) groups excluding carboxylic acids is 3. The molecule has 1 saturated heterocycles. The van der Waals surface area contributed by atoms with Crippen LogP contribution in [-0.4, -0.2) is 89.8 Å². The first-order valence-corrected chi connectivity index (χ1v) is 16.7. The molecule has 3 N–H and O–H groups in total. The molecule has 3 amide bonds. The molecule has 0 saturated carbocycles. The molecular weight excluding hydrogens is 604 g/mol. The highest BCUT2D eigenvalue weighted by Gasteiger charge is 2.44. The van der Waals surface area contributed by atoms with Crippen LogP contribution in [0.3, 0.4) is 0 Å². The number of aliphatic hydroxyl groups is 1. The number of benzene rings is 1. The number of aromatic nitrogens is 1. The Hall–Kier alpha value is -2.57. The summed E-state index contributed by atoms with van der Waals surface area (Å²) in [6.07, 6.45) is 3.41. The van der Waals surface area contributed by atoms with E-state index in [2.05, 4.69) is 15.6 Å². The standard InChI is InChI=1S/C32H47ClN4O6S/c1-22-28(44-21-35-22)24-11-9-23(10-12-24)18-34-30(40)26-17-25(38)19-37(26)31(41)29(32(2,3)4)36-27(39)20-43-16-15-42-14-8-6-5-7-13-33/h9-12,21,25-26,29,38H,5-8,13-20H2,1-4H3,(H,34,40)(H,36,39)/t25-,26+,29-/m1/s1. The number of β-amino-alcohol motifs (C(OH)–C–C–N with tert-alkyl or cyclic N) is 1. The lowest BCUT2D eigenvalue weighted by Gasteiger charge is -2.35. The van der Waals surface area contributed by atoms with Crippen LogP contribution in [0, 0.1) is 12.3 Å². The van der Waals surface area contributed by atoms with Crippen LogP contribution in [0.5, 0.6) is 0 Å². The molecule has 0 aliphatic carbocycles. The van der Waals surface area contributed by atoms with Crippen molar-refractivity contribution in [2.24, 2.45) is 5.41 Å². The molecule has 12 heteroatoms. The summed E-state index contributed by atoms with van der Waals surface area (Å²) in [5.41, 5.74) is 4.12. The van der Waals surface area contributed by atoms with Gasteiger partial charge in [0, 0.05) is 32.0 Å². The maximum absolute atomic E-state index is 13.7. The molecule has 1 aliphatic rings. The number of nitrogens with zero attached hydrogens (tertiary/aromatic N) is 2. The lowest BCUT2D eigenvalue weighted by molar-refractivity contribution is -0.144. The first-order chi connectivity index (χ1) is 21.0. The summed E-state index contributed by atoms with van der Waals surface area (Å²) < 4.78 is 11.0. The van der Waals surface area contributed by atoms with E-state index < -0.39 is 35.4 Å². The van der Waals surface area contributed by atoms with Crippen molar-refractivity contribution in [2.45, 2.75) is 84.5 Å². The Bertz CT molecular complexity index is 1200. The zero-order chi connectivity index (χ0) is 32.1. The van der Waals surface area contributed by atoms with Crippen LogP contribution >= 0.6 is 22.9 Å². The van der Waals surface area contributed by atoms with Crippen molar-refractivity contribution < 1.29 is 29.0 Å². The van der Waals surface area contributed by atoms with E-state index in [9.17, 15) is 19.5 Å². The third-order valence-corrected chi connectivity index (χ3v) is 8.73. The van der Waals surface area contributed by atoms with Crippen molar-refractivity contribution >= 4 is 40.7 Å². The van der Waals surface area contributed by atoms with Gasteiger partial charge in [-0.3, -0.25) is 14.4 Å². The largest absolute Gasteiger partial charge is 0.391 e. The zero-order valence-electron chi connectivity index (χ0n) is 26.3. The highest BCUT2D eigenvalue weighted by molar-refractivity contribution is 7.13. The quantitative estimate of drug-likeness (QED) is 0.174. The van der Waals surface area contributed by atoms with Crippen LogP contribution in [-0.2, 0) is 30.4 Å². The number of carbonyl (C=O) groups is 3. The minimum atomic E-state index is -0.911. The summed E-state index contributed by atoms with van der Waals surface area (Å²) in [4.78, 5) is 46.5. The van der Waals surface area contributed by atoms with E-state index >= 15 is 0 Å². The topological polar surface area (TPSA) is 130 Å². The summed E-state index contributed by atoms with van der Waals surface area (Å²) in [6.45, 7) is 8.86. The van der Waals surface area contributed by atoms with Crippen molar-refractivity contribution in [3.63, 3.8) is 0 Å². The van der Waals surface area contributed by atoms with Crippen LogP contribution in [0.2, 0.25) is 0 Å². The van der Waals surface area contributed by atoms with Crippen molar-refractivity contribution in [1.82, 2.24) is 20.5 Å². The number of amides is 3. The predicted molar refractivity (Wildman–Crippen MR) is 172 cm³/mol. The number of likely N-dealkylation sites (tertiary alicyclic amines) is 1. The van der Waals surface area contributed by atoms with Crippen LogP contribution in [0.25, 0.3) is 10.4 Å². The first-order valence-electron chi connectivity index (χ1n) is 15.3. The predicted octanol–water partition coefficient (Wildman–Crippen LogP) is 4.06. The molecule has 1 aromatic carbocycles. The number of hydrogen-bond acceptors (Lipinski definition) is 8. The number of alkyl halides is 1. The van der Waals surface area contributed by atoms with Gasteiger partial charge in [0.25, 0.3) is 0 Å². The molecule has 2 heterocycles. The number of rotatable bonds is 17. The Morgan fingerprint density at radius 3 is 2.45 bits per heavy atom. The number of aryl methyl sites for hydroxylation is 1. The Balaban J connectivity index is 1.49. The Labute approximate surface area is 269 Å². The van der Waals surface area contributed by atoms with Crippen LogP contribution < -0.4 is 10.6 Å². The second-order valence-electron chi connectivity index (χ2n) is 12.2. The van der Waals surface area contributed by atoms with E-state index in [1.54, 1.807) is 11.3 Å². The first kappa shape index (κ1) is 35.9. The van der Waals surface area contributed by atoms with Gasteiger partial charge in [0.15, 0.2) is 0 Å². The minimum absolute atomic E-state index is 0.0159. The lowest BCUT2D eigenvalue weighted by atomic mass is 9.85. The van der Waals surface area contributed by atoms with Gasteiger partial charge in [-0.25, -0.2) is 4.98 Å². The average Bonchev–Trinajstić information content (AvgIpc) is 3.60. The fourth-order valence-electron chi connectivity index (χ4n) is 5.02. The van der Waals surface area contributed by atoms with E-state index in [1.807, 2.05) is 57.5 Å². The van der Waals surface area contributed by atoms with Gasteiger partial charge in [0.2, 0.25) is 17.7 Å². The molecular formula is C32H47ClN4O6S. The Morgan fingerprint density at radius 1 is 1.09 bits per heavy atom. The van der Waals surface area contributed by atoms with Gasteiger partial charge in [-0.15, -0.1) is 22.9 Å². The lowest BCUT2D eigenvalue weighted by Crippen LogP contribution is -2.58. The highest BCUT2D eigenvalue weighted by Crippen LogP contribution is 2.28. The molecule has 1 aliphatic heterocycles. The van der Waals surface area contributed by atoms with Crippen molar-refractivity contribution in [2.75, 3.05) is 38.9 Å². The summed E-state index contributed by atoms with van der Waals surface area (Å²) in [7, 11) is 0. The van der Waals surface area contributed by atoms with E-state index in [-0.39, 0.29) is 38.6 Å². The van der Waals surface area contributed by atoms with E-state index in [0.29, 0.717) is 19.1 Å². The van der Waals surface area contributed by atoms with Crippen LogP contribution in [0.15, 0.2) is 29.8 Å². The fourth-order valence-corrected chi connectivity index (χ4v) is 6.02. The van der Waals surface area contributed by atoms with Crippen LogP contribution in [0.1, 0.15) is 64.1 Å². The minimum Gasteiger partial charge on any atom is -0.391 e. The van der Waals surface area contributed by atoms with Gasteiger partial charge < -0.3 is 30.1 Å². The van der Waals surface area contributed by atoms with Gasteiger partial charge in [-0.2, -0.15) is 0 Å². The van der Waals surface area contributed by atoms with E-state index in [4.69, 9.17) is 21.1 Å². The second kappa shape index (κ2) is 17.8. The summed E-state index contributed by atoms with van der Waals surface area (Å²) in [5, 5.41) is 16.1. The second-order valence-corrected chi connectivity index (χ2v) is 13.4. The Kier molecular flexibility index (Phi) is 14.5. The van der Waals surface area contributed by atoms with Crippen molar-refractivity contribution in [3.8, 4) is 10.4 Å². The molecule has 3 rings (SSSR count). The number of aliphatic hydroxyl groups excluding tert-OH is 1. The number of halogens is 1.